The summed E-state index contributed by atoms with van der Waals surface area (Å²) in [6, 6.07) is 7.74. The number of nitrogens with zero attached hydrogens (tertiary/aromatic N) is 1. The van der Waals surface area contributed by atoms with Gasteiger partial charge >= 0.3 is 0 Å². The first kappa shape index (κ1) is 11.9. The number of amides is 1. The molecule has 1 amide bonds. The van der Waals surface area contributed by atoms with E-state index >= 15 is 0 Å². The Hall–Kier alpha value is -1.55. The van der Waals surface area contributed by atoms with E-state index in [2.05, 4.69) is 10.2 Å². The smallest absolute Gasteiger partial charge is 0.221 e. The molecule has 4 nitrogen and oxygen atoms in total. The molecule has 1 aromatic rings. The second-order valence-electron chi connectivity index (χ2n) is 4.22. The quantitative estimate of drug-likeness (QED) is 0.747. The van der Waals surface area contributed by atoms with E-state index in [0.717, 1.165) is 30.9 Å². The van der Waals surface area contributed by atoms with Crippen LogP contribution in [0.15, 0.2) is 24.3 Å². The van der Waals surface area contributed by atoms with E-state index in [4.69, 9.17) is 4.74 Å². The molecule has 1 aromatic carbocycles. The average molecular weight is 234 g/mol. The Balaban J connectivity index is 1.73. The van der Waals surface area contributed by atoms with Gasteiger partial charge in [-0.1, -0.05) is 12.1 Å². The lowest BCUT2D eigenvalue weighted by molar-refractivity contribution is -0.121. The van der Waals surface area contributed by atoms with E-state index in [1.54, 1.807) is 7.11 Å². The monoisotopic (exact) mass is 234 g/mol. The molecule has 0 saturated carbocycles. The minimum Gasteiger partial charge on any atom is -0.497 e. The Morgan fingerprint density at radius 3 is 3.00 bits per heavy atom. The summed E-state index contributed by atoms with van der Waals surface area (Å²) < 4.78 is 5.13. The Labute approximate surface area is 102 Å². The lowest BCUT2D eigenvalue weighted by atomic mass is 10.2. The second-order valence-corrected chi connectivity index (χ2v) is 4.22. The molecule has 0 atom stereocenters. The van der Waals surface area contributed by atoms with Crippen molar-refractivity contribution in [1.29, 1.82) is 0 Å². The van der Waals surface area contributed by atoms with E-state index in [9.17, 15) is 4.79 Å². The molecule has 92 valence electrons. The van der Waals surface area contributed by atoms with Gasteiger partial charge in [0.05, 0.1) is 7.11 Å². The van der Waals surface area contributed by atoms with Gasteiger partial charge in [-0.2, -0.15) is 0 Å². The predicted molar refractivity (Wildman–Crippen MR) is 65.9 cm³/mol. The third-order valence-electron chi connectivity index (χ3n) is 2.82. The highest BCUT2D eigenvalue weighted by Gasteiger charge is 2.17. The molecule has 0 bridgehead atoms. The van der Waals surface area contributed by atoms with Crippen molar-refractivity contribution < 1.29 is 9.53 Å². The minimum atomic E-state index is 0.111. The van der Waals surface area contributed by atoms with Gasteiger partial charge in [-0.05, 0) is 17.7 Å². The number of ether oxygens (including phenoxy) is 1. The van der Waals surface area contributed by atoms with Crippen LogP contribution in [0.4, 0.5) is 0 Å². The van der Waals surface area contributed by atoms with E-state index in [-0.39, 0.29) is 5.91 Å². The molecule has 0 aromatic heterocycles. The van der Waals surface area contributed by atoms with E-state index in [1.165, 1.54) is 0 Å². The molecule has 1 heterocycles. The van der Waals surface area contributed by atoms with Gasteiger partial charge in [0.2, 0.25) is 5.91 Å². The molecule has 17 heavy (non-hydrogen) atoms. The van der Waals surface area contributed by atoms with Crippen molar-refractivity contribution in [2.24, 2.45) is 0 Å². The van der Waals surface area contributed by atoms with Crippen molar-refractivity contribution in [3.8, 4) is 5.75 Å². The number of hydrogen-bond donors (Lipinski definition) is 1. The van der Waals surface area contributed by atoms with Crippen molar-refractivity contribution in [2.75, 3.05) is 26.7 Å². The van der Waals surface area contributed by atoms with Gasteiger partial charge in [-0.3, -0.25) is 4.79 Å². The van der Waals surface area contributed by atoms with Crippen molar-refractivity contribution in [2.45, 2.75) is 13.0 Å². The third-order valence-corrected chi connectivity index (χ3v) is 2.82. The summed E-state index contributed by atoms with van der Waals surface area (Å²) in [5.41, 5.74) is 1.06. The summed E-state index contributed by atoms with van der Waals surface area (Å²) >= 11 is 0. The van der Waals surface area contributed by atoms with Crippen LogP contribution in [0, 0.1) is 0 Å². The van der Waals surface area contributed by atoms with Gasteiger partial charge in [0.15, 0.2) is 0 Å². The fourth-order valence-electron chi connectivity index (χ4n) is 1.63. The zero-order valence-electron chi connectivity index (χ0n) is 10.1. The third kappa shape index (κ3) is 4.07. The fraction of sp³-hybridized carbons (Fsp3) is 0.462. The molecule has 4 heteroatoms. The van der Waals surface area contributed by atoms with Crippen molar-refractivity contribution >= 4 is 5.91 Å². The molecule has 1 fully saturated rings. The van der Waals surface area contributed by atoms with Crippen molar-refractivity contribution in [3.05, 3.63) is 29.8 Å². The second kappa shape index (κ2) is 5.68. The number of methoxy groups -OCH3 is 1. The molecular weight excluding hydrogens is 216 g/mol. The number of nitrogens with one attached hydrogen (secondary N) is 1. The van der Waals surface area contributed by atoms with Crippen LogP contribution in [0.2, 0.25) is 0 Å². The van der Waals surface area contributed by atoms with Crippen LogP contribution in [0.3, 0.4) is 0 Å². The normalized spacial score (nSPS) is 14.4. The highest BCUT2D eigenvalue weighted by molar-refractivity contribution is 5.76. The van der Waals surface area contributed by atoms with Crippen LogP contribution >= 0.6 is 0 Å². The maximum absolute atomic E-state index is 11.5. The SMILES string of the molecule is COc1cccc(CNC(=O)CCN2CC2)c1. The molecule has 2 rings (SSSR count). The molecular formula is C13H18N2O2. The summed E-state index contributed by atoms with van der Waals surface area (Å²) in [5, 5.41) is 2.91. The first-order valence-corrected chi connectivity index (χ1v) is 5.90. The Kier molecular flexibility index (Phi) is 3.98. The van der Waals surface area contributed by atoms with Crippen LogP contribution in [0.5, 0.6) is 5.75 Å². The molecule has 1 aliphatic heterocycles. The Bertz CT molecular complexity index is 389. The molecule has 1 saturated heterocycles. The van der Waals surface area contributed by atoms with Crippen molar-refractivity contribution in [1.82, 2.24) is 10.2 Å². The number of carbonyl (C=O) groups excluding carboxylic acids is 1. The zero-order valence-corrected chi connectivity index (χ0v) is 10.1. The van der Waals surface area contributed by atoms with Gasteiger partial charge < -0.3 is 15.0 Å². The maximum atomic E-state index is 11.5. The lowest BCUT2D eigenvalue weighted by Crippen LogP contribution is -2.24. The van der Waals surface area contributed by atoms with Crippen LogP contribution in [0.25, 0.3) is 0 Å². The highest BCUT2D eigenvalue weighted by Crippen LogP contribution is 2.12. The number of carbonyl (C=O) groups is 1. The number of rotatable bonds is 6. The van der Waals surface area contributed by atoms with Gasteiger partial charge in [-0.15, -0.1) is 0 Å². The first-order valence-electron chi connectivity index (χ1n) is 5.90. The summed E-state index contributed by atoms with van der Waals surface area (Å²) in [5.74, 6) is 0.931. The maximum Gasteiger partial charge on any atom is 0.221 e. The van der Waals surface area contributed by atoms with E-state index in [0.29, 0.717) is 13.0 Å². The van der Waals surface area contributed by atoms with E-state index < -0.39 is 0 Å². The van der Waals surface area contributed by atoms with Gasteiger partial charge in [0.25, 0.3) is 0 Å². The van der Waals surface area contributed by atoms with Crippen LogP contribution in [-0.2, 0) is 11.3 Å². The Morgan fingerprint density at radius 1 is 1.47 bits per heavy atom. The van der Waals surface area contributed by atoms with Crippen LogP contribution in [0.1, 0.15) is 12.0 Å². The summed E-state index contributed by atoms with van der Waals surface area (Å²) in [6.45, 7) is 3.73. The van der Waals surface area contributed by atoms with Crippen molar-refractivity contribution in [3.63, 3.8) is 0 Å². The summed E-state index contributed by atoms with van der Waals surface area (Å²) in [7, 11) is 1.64. The largest absolute Gasteiger partial charge is 0.497 e. The Morgan fingerprint density at radius 2 is 2.29 bits per heavy atom. The molecule has 1 N–H and O–H groups in total. The summed E-state index contributed by atoms with van der Waals surface area (Å²) in [6.07, 6.45) is 0.587. The van der Waals surface area contributed by atoms with Gasteiger partial charge in [0.1, 0.15) is 5.75 Å². The zero-order chi connectivity index (χ0) is 12.1. The minimum absolute atomic E-state index is 0.111. The fourth-order valence-corrected chi connectivity index (χ4v) is 1.63. The van der Waals surface area contributed by atoms with Gasteiger partial charge in [0, 0.05) is 32.6 Å². The van der Waals surface area contributed by atoms with Gasteiger partial charge in [-0.25, -0.2) is 0 Å². The number of benzene rings is 1. The summed E-state index contributed by atoms with van der Waals surface area (Å²) in [4.78, 5) is 13.8. The average Bonchev–Trinajstić information content (AvgIpc) is 3.18. The molecule has 0 aliphatic carbocycles. The standard InChI is InChI=1S/C13H18N2O2/c1-17-12-4-2-3-11(9-12)10-14-13(16)5-6-15-7-8-15/h2-4,9H,5-8,10H2,1H3,(H,14,16). The topological polar surface area (TPSA) is 41.3 Å². The molecule has 0 unspecified atom stereocenters. The van der Waals surface area contributed by atoms with E-state index in [1.807, 2.05) is 24.3 Å². The molecule has 1 aliphatic rings. The molecule has 0 radical (unpaired) electrons. The van der Waals surface area contributed by atoms with Crippen LogP contribution < -0.4 is 10.1 Å². The predicted octanol–water partition coefficient (Wildman–Crippen LogP) is 1.02. The van der Waals surface area contributed by atoms with Crippen LogP contribution in [-0.4, -0.2) is 37.6 Å². The number of hydrogen-bond acceptors (Lipinski definition) is 3. The lowest BCUT2D eigenvalue weighted by Gasteiger charge is -2.07. The highest BCUT2D eigenvalue weighted by atomic mass is 16.5. The first-order chi connectivity index (χ1) is 8.28. The molecule has 0 spiro atoms.